The van der Waals surface area contributed by atoms with Gasteiger partial charge in [-0.05, 0) is 37.8 Å². The van der Waals surface area contributed by atoms with E-state index in [0.29, 0.717) is 5.82 Å². The lowest BCUT2D eigenvalue weighted by Crippen LogP contribution is -2.63. The SMILES string of the molecule is Fc1ccnc(NCC23CC(CCN2)C3)c1. The van der Waals surface area contributed by atoms with E-state index in [1.807, 2.05) is 0 Å². The van der Waals surface area contributed by atoms with Crippen LogP contribution in [-0.2, 0) is 0 Å². The van der Waals surface area contributed by atoms with Gasteiger partial charge in [0.25, 0.3) is 0 Å². The molecule has 3 heterocycles. The second kappa shape index (κ2) is 3.70. The summed E-state index contributed by atoms with van der Waals surface area (Å²) in [5.74, 6) is 1.30. The molecule has 1 aromatic heterocycles. The van der Waals surface area contributed by atoms with Crippen molar-refractivity contribution in [2.45, 2.75) is 24.8 Å². The zero-order valence-corrected chi connectivity index (χ0v) is 9.17. The molecule has 1 aromatic rings. The molecule has 4 heteroatoms. The van der Waals surface area contributed by atoms with Crippen LogP contribution in [0.1, 0.15) is 19.3 Å². The van der Waals surface area contributed by atoms with Crippen molar-refractivity contribution in [3.8, 4) is 0 Å². The highest BCUT2D eigenvalue weighted by molar-refractivity contribution is 5.35. The quantitative estimate of drug-likeness (QED) is 0.817. The highest BCUT2D eigenvalue weighted by Crippen LogP contribution is 2.43. The minimum Gasteiger partial charge on any atom is -0.368 e. The van der Waals surface area contributed by atoms with Crippen LogP contribution in [0.5, 0.6) is 0 Å². The third kappa shape index (κ3) is 1.78. The summed E-state index contributed by atoms with van der Waals surface area (Å²) in [5, 5.41) is 6.78. The Kier molecular flexibility index (Phi) is 2.32. The third-order valence-corrected chi connectivity index (χ3v) is 3.74. The molecule has 3 aliphatic rings. The molecule has 0 unspecified atom stereocenters. The Morgan fingerprint density at radius 2 is 2.44 bits per heavy atom. The maximum atomic E-state index is 12.9. The van der Waals surface area contributed by atoms with Crippen molar-refractivity contribution in [1.82, 2.24) is 10.3 Å². The molecule has 2 aliphatic heterocycles. The maximum Gasteiger partial charge on any atom is 0.128 e. The molecule has 2 saturated heterocycles. The first-order valence-electron chi connectivity index (χ1n) is 5.86. The van der Waals surface area contributed by atoms with Gasteiger partial charge in [-0.15, -0.1) is 0 Å². The van der Waals surface area contributed by atoms with Crippen molar-refractivity contribution in [2.75, 3.05) is 18.4 Å². The van der Waals surface area contributed by atoms with E-state index in [0.717, 1.165) is 19.0 Å². The highest BCUT2D eigenvalue weighted by atomic mass is 19.1. The van der Waals surface area contributed by atoms with Crippen LogP contribution in [0.2, 0.25) is 0 Å². The number of hydrogen-bond acceptors (Lipinski definition) is 3. The number of aromatic nitrogens is 1. The highest BCUT2D eigenvalue weighted by Gasteiger charge is 2.46. The normalized spacial score (nSPS) is 31.9. The summed E-state index contributed by atoms with van der Waals surface area (Å²) >= 11 is 0. The minimum atomic E-state index is -0.238. The van der Waals surface area contributed by atoms with E-state index < -0.39 is 0 Å². The van der Waals surface area contributed by atoms with Gasteiger partial charge in [-0.2, -0.15) is 0 Å². The Morgan fingerprint density at radius 3 is 3.12 bits per heavy atom. The predicted octanol–water partition coefficient (Wildman–Crippen LogP) is 1.77. The number of fused-ring (bicyclic) bond motifs is 2. The molecule has 4 rings (SSSR count). The standard InChI is InChI=1S/C12H16FN3/c13-10-2-3-14-11(5-10)15-8-12-6-9(7-12)1-4-16-12/h2-3,5,9,16H,1,4,6-8H2,(H,14,15). The van der Waals surface area contributed by atoms with Gasteiger partial charge in [0.2, 0.25) is 0 Å². The van der Waals surface area contributed by atoms with Crippen LogP contribution in [0, 0.1) is 11.7 Å². The number of pyridine rings is 1. The molecule has 0 spiro atoms. The van der Waals surface area contributed by atoms with E-state index >= 15 is 0 Å². The van der Waals surface area contributed by atoms with Crippen molar-refractivity contribution >= 4 is 5.82 Å². The number of nitrogens with zero attached hydrogens (tertiary/aromatic N) is 1. The first-order chi connectivity index (χ1) is 7.76. The van der Waals surface area contributed by atoms with Gasteiger partial charge in [0.05, 0.1) is 0 Å². The zero-order valence-electron chi connectivity index (χ0n) is 9.17. The number of piperidine rings is 2. The Labute approximate surface area is 94.5 Å². The molecular formula is C12H16FN3. The van der Waals surface area contributed by atoms with Crippen LogP contribution in [0.25, 0.3) is 0 Å². The number of anilines is 1. The Balaban J connectivity index is 1.60. The lowest BCUT2D eigenvalue weighted by Gasteiger charge is -2.53. The van der Waals surface area contributed by atoms with Crippen LogP contribution in [-0.4, -0.2) is 23.6 Å². The smallest absolute Gasteiger partial charge is 0.128 e. The van der Waals surface area contributed by atoms with Crippen molar-refractivity contribution in [3.05, 3.63) is 24.1 Å². The molecule has 0 atom stereocenters. The summed E-state index contributed by atoms with van der Waals surface area (Å²) in [6, 6.07) is 2.80. The summed E-state index contributed by atoms with van der Waals surface area (Å²) in [7, 11) is 0. The fourth-order valence-electron chi connectivity index (χ4n) is 2.90. The van der Waals surface area contributed by atoms with Crippen LogP contribution in [0.15, 0.2) is 18.3 Å². The second-order valence-corrected chi connectivity index (χ2v) is 4.98. The van der Waals surface area contributed by atoms with E-state index in [1.54, 1.807) is 0 Å². The monoisotopic (exact) mass is 221 g/mol. The molecule has 86 valence electrons. The van der Waals surface area contributed by atoms with Crippen LogP contribution in [0.3, 0.4) is 0 Å². The second-order valence-electron chi connectivity index (χ2n) is 4.98. The van der Waals surface area contributed by atoms with E-state index in [1.165, 1.54) is 37.6 Å². The fraction of sp³-hybridized carbons (Fsp3) is 0.583. The van der Waals surface area contributed by atoms with Crippen LogP contribution < -0.4 is 10.6 Å². The number of hydrogen-bond donors (Lipinski definition) is 2. The molecule has 16 heavy (non-hydrogen) atoms. The van der Waals surface area contributed by atoms with E-state index in [9.17, 15) is 4.39 Å². The maximum absolute atomic E-state index is 12.9. The van der Waals surface area contributed by atoms with E-state index in [-0.39, 0.29) is 11.4 Å². The molecule has 0 aromatic carbocycles. The molecule has 1 aliphatic carbocycles. The molecule has 3 nitrogen and oxygen atoms in total. The van der Waals surface area contributed by atoms with Crippen molar-refractivity contribution < 1.29 is 4.39 Å². The first kappa shape index (κ1) is 10.0. The molecular weight excluding hydrogens is 205 g/mol. The van der Waals surface area contributed by atoms with Crippen molar-refractivity contribution in [3.63, 3.8) is 0 Å². The van der Waals surface area contributed by atoms with Gasteiger partial charge >= 0.3 is 0 Å². The Hall–Kier alpha value is -1.16. The lowest BCUT2D eigenvalue weighted by molar-refractivity contribution is 0.0638. The number of nitrogens with one attached hydrogen (secondary N) is 2. The molecule has 0 radical (unpaired) electrons. The van der Waals surface area contributed by atoms with E-state index in [4.69, 9.17) is 0 Å². The molecule has 0 amide bonds. The number of rotatable bonds is 3. The number of halogens is 1. The predicted molar refractivity (Wildman–Crippen MR) is 60.8 cm³/mol. The van der Waals surface area contributed by atoms with Crippen LogP contribution in [0.4, 0.5) is 10.2 Å². The third-order valence-electron chi connectivity index (χ3n) is 3.74. The Morgan fingerprint density at radius 1 is 1.56 bits per heavy atom. The van der Waals surface area contributed by atoms with Gasteiger partial charge in [0.15, 0.2) is 0 Å². The molecule has 2 bridgehead atoms. The molecule has 3 fully saturated rings. The van der Waals surface area contributed by atoms with Crippen molar-refractivity contribution in [2.24, 2.45) is 5.92 Å². The molecule has 2 N–H and O–H groups in total. The van der Waals surface area contributed by atoms with Crippen molar-refractivity contribution in [1.29, 1.82) is 0 Å². The Bertz CT molecular complexity index is 382. The average molecular weight is 221 g/mol. The van der Waals surface area contributed by atoms with Gasteiger partial charge in [0.1, 0.15) is 11.6 Å². The summed E-state index contributed by atoms with van der Waals surface area (Å²) in [4.78, 5) is 4.09. The summed E-state index contributed by atoms with van der Waals surface area (Å²) in [6.45, 7) is 1.96. The average Bonchev–Trinajstić information content (AvgIpc) is 2.26. The first-order valence-corrected chi connectivity index (χ1v) is 5.86. The van der Waals surface area contributed by atoms with Gasteiger partial charge in [-0.3, -0.25) is 0 Å². The summed E-state index contributed by atoms with van der Waals surface area (Å²) < 4.78 is 12.9. The van der Waals surface area contributed by atoms with Gasteiger partial charge in [0, 0.05) is 24.3 Å². The van der Waals surface area contributed by atoms with Gasteiger partial charge in [-0.1, -0.05) is 0 Å². The van der Waals surface area contributed by atoms with E-state index in [2.05, 4.69) is 15.6 Å². The van der Waals surface area contributed by atoms with Gasteiger partial charge < -0.3 is 10.6 Å². The fourth-order valence-corrected chi connectivity index (χ4v) is 2.90. The lowest BCUT2D eigenvalue weighted by atomic mass is 9.64. The van der Waals surface area contributed by atoms with Gasteiger partial charge in [-0.25, -0.2) is 9.37 Å². The molecule has 1 saturated carbocycles. The minimum absolute atomic E-state index is 0.238. The largest absolute Gasteiger partial charge is 0.368 e. The topological polar surface area (TPSA) is 37.0 Å². The summed E-state index contributed by atoms with van der Waals surface area (Å²) in [6.07, 6.45) is 5.29. The zero-order chi connectivity index (χ0) is 11.0. The summed E-state index contributed by atoms with van der Waals surface area (Å²) in [5.41, 5.74) is 0.247. The van der Waals surface area contributed by atoms with Crippen LogP contribution >= 0.6 is 0 Å².